The summed E-state index contributed by atoms with van der Waals surface area (Å²) in [6.07, 6.45) is 1.01. The van der Waals surface area contributed by atoms with Crippen LogP contribution in [0.5, 0.6) is 17.2 Å². The monoisotopic (exact) mass is 391 g/mol. The van der Waals surface area contributed by atoms with Crippen molar-refractivity contribution in [3.05, 3.63) is 65.7 Å². The van der Waals surface area contributed by atoms with E-state index in [9.17, 15) is 4.79 Å². The van der Waals surface area contributed by atoms with Gasteiger partial charge in [-0.05, 0) is 85.5 Å². The van der Waals surface area contributed by atoms with Crippen molar-refractivity contribution in [2.24, 2.45) is 0 Å². The fraction of sp³-hybridized carbons (Fsp3) is 0.320. The zero-order valence-electron chi connectivity index (χ0n) is 17.8. The van der Waals surface area contributed by atoms with Crippen molar-refractivity contribution < 1.29 is 14.3 Å². The molecule has 3 aromatic rings. The molecule has 0 fully saturated rings. The van der Waals surface area contributed by atoms with E-state index in [1.165, 1.54) is 6.92 Å². The van der Waals surface area contributed by atoms with Crippen molar-refractivity contribution in [1.82, 2.24) is 5.32 Å². The van der Waals surface area contributed by atoms with Crippen LogP contribution < -0.4 is 14.8 Å². The van der Waals surface area contributed by atoms with Gasteiger partial charge < -0.3 is 14.8 Å². The fourth-order valence-electron chi connectivity index (χ4n) is 3.37. The summed E-state index contributed by atoms with van der Waals surface area (Å²) in [5.41, 5.74) is 2.19. The maximum atomic E-state index is 11.3. The van der Waals surface area contributed by atoms with Gasteiger partial charge in [-0.1, -0.05) is 25.1 Å². The molecule has 3 rings (SSSR count). The SMILES string of the molecule is CCc1cc(OC(C)C)ccc1Oc1ccc2cc(C(C)NC(C)=O)ccc2c1. The number of amides is 1. The number of rotatable bonds is 7. The van der Waals surface area contributed by atoms with Gasteiger partial charge in [0, 0.05) is 6.92 Å². The average Bonchev–Trinajstić information content (AvgIpc) is 2.67. The van der Waals surface area contributed by atoms with Crippen LogP contribution in [0.3, 0.4) is 0 Å². The van der Waals surface area contributed by atoms with Crippen LogP contribution in [0.25, 0.3) is 10.8 Å². The number of aryl methyl sites for hydroxylation is 1. The van der Waals surface area contributed by atoms with E-state index in [0.29, 0.717) is 0 Å². The highest BCUT2D eigenvalue weighted by atomic mass is 16.5. The number of nitrogens with one attached hydrogen (secondary N) is 1. The number of ether oxygens (including phenoxy) is 2. The number of carbonyl (C=O) groups is 1. The molecule has 0 aliphatic heterocycles. The van der Waals surface area contributed by atoms with Gasteiger partial charge in [0.15, 0.2) is 0 Å². The summed E-state index contributed by atoms with van der Waals surface area (Å²) < 4.78 is 12.0. The van der Waals surface area contributed by atoms with Gasteiger partial charge in [0.05, 0.1) is 12.1 Å². The highest BCUT2D eigenvalue weighted by Crippen LogP contribution is 2.32. The van der Waals surface area contributed by atoms with E-state index in [2.05, 4.69) is 30.4 Å². The van der Waals surface area contributed by atoms with E-state index in [0.717, 1.165) is 45.6 Å². The lowest BCUT2D eigenvalue weighted by Crippen LogP contribution is -2.23. The molecule has 0 saturated carbocycles. The Labute approximate surface area is 172 Å². The molecule has 29 heavy (non-hydrogen) atoms. The lowest BCUT2D eigenvalue weighted by molar-refractivity contribution is -0.119. The molecule has 0 radical (unpaired) electrons. The van der Waals surface area contributed by atoms with Gasteiger partial charge in [-0.25, -0.2) is 0 Å². The maximum Gasteiger partial charge on any atom is 0.217 e. The smallest absolute Gasteiger partial charge is 0.217 e. The second-order valence-electron chi connectivity index (χ2n) is 7.58. The van der Waals surface area contributed by atoms with Crippen LogP contribution in [0.2, 0.25) is 0 Å². The van der Waals surface area contributed by atoms with Crippen LogP contribution >= 0.6 is 0 Å². The standard InChI is InChI=1S/C25H29NO3/c1-6-19-14-23(28-16(2)3)11-12-25(19)29-24-10-9-21-13-20(7-8-22(21)15-24)17(4)26-18(5)27/h7-17H,6H2,1-5H3,(H,26,27). The molecule has 0 bridgehead atoms. The largest absolute Gasteiger partial charge is 0.491 e. The first-order valence-corrected chi connectivity index (χ1v) is 10.1. The molecule has 1 amide bonds. The van der Waals surface area contributed by atoms with Crippen molar-refractivity contribution >= 4 is 16.7 Å². The molecule has 1 unspecified atom stereocenters. The van der Waals surface area contributed by atoms with Crippen molar-refractivity contribution in [2.75, 3.05) is 0 Å². The Morgan fingerprint density at radius 3 is 2.31 bits per heavy atom. The molecule has 4 nitrogen and oxygen atoms in total. The maximum absolute atomic E-state index is 11.3. The summed E-state index contributed by atoms with van der Waals surface area (Å²) in [7, 11) is 0. The molecule has 0 spiro atoms. The van der Waals surface area contributed by atoms with Gasteiger partial charge in [-0.2, -0.15) is 0 Å². The van der Waals surface area contributed by atoms with Gasteiger partial charge in [0.25, 0.3) is 0 Å². The summed E-state index contributed by atoms with van der Waals surface area (Å²) in [5.74, 6) is 2.48. The van der Waals surface area contributed by atoms with Crippen molar-refractivity contribution in [1.29, 1.82) is 0 Å². The van der Waals surface area contributed by atoms with E-state index in [4.69, 9.17) is 9.47 Å². The molecule has 3 aromatic carbocycles. The molecule has 1 atom stereocenters. The van der Waals surface area contributed by atoms with Gasteiger partial charge in [-0.15, -0.1) is 0 Å². The van der Waals surface area contributed by atoms with Crippen molar-refractivity contribution in [3.63, 3.8) is 0 Å². The van der Waals surface area contributed by atoms with Crippen LogP contribution in [0.1, 0.15) is 51.8 Å². The lowest BCUT2D eigenvalue weighted by Gasteiger charge is -2.15. The van der Waals surface area contributed by atoms with E-state index < -0.39 is 0 Å². The molecule has 4 heteroatoms. The highest BCUT2D eigenvalue weighted by molar-refractivity contribution is 5.85. The number of benzene rings is 3. The van der Waals surface area contributed by atoms with E-state index in [1.807, 2.05) is 57.2 Å². The number of carbonyl (C=O) groups excluding carboxylic acids is 1. The Morgan fingerprint density at radius 2 is 1.62 bits per heavy atom. The third kappa shape index (κ3) is 5.29. The molecule has 152 valence electrons. The molecule has 0 heterocycles. The van der Waals surface area contributed by atoms with Crippen LogP contribution in [0.15, 0.2) is 54.6 Å². The zero-order valence-corrected chi connectivity index (χ0v) is 17.8. The van der Waals surface area contributed by atoms with Crippen molar-refractivity contribution in [2.45, 2.75) is 53.2 Å². The van der Waals surface area contributed by atoms with Gasteiger partial charge in [0.2, 0.25) is 5.91 Å². The van der Waals surface area contributed by atoms with Crippen LogP contribution in [0, 0.1) is 0 Å². The third-order valence-corrected chi connectivity index (χ3v) is 4.77. The van der Waals surface area contributed by atoms with Crippen molar-refractivity contribution in [3.8, 4) is 17.2 Å². The molecular formula is C25H29NO3. The van der Waals surface area contributed by atoms with Gasteiger partial charge in [-0.3, -0.25) is 4.79 Å². The molecule has 0 aromatic heterocycles. The second kappa shape index (κ2) is 8.99. The minimum absolute atomic E-state index is 0.0217. The topological polar surface area (TPSA) is 47.6 Å². The Bertz CT molecular complexity index is 1010. The Morgan fingerprint density at radius 1 is 0.931 bits per heavy atom. The summed E-state index contributed by atoms with van der Waals surface area (Å²) >= 11 is 0. The number of fused-ring (bicyclic) bond motifs is 1. The fourth-order valence-corrected chi connectivity index (χ4v) is 3.37. The number of hydrogen-bond donors (Lipinski definition) is 1. The molecule has 0 aliphatic rings. The molecule has 0 saturated heterocycles. The quantitative estimate of drug-likeness (QED) is 0.523. The third-order valence-electron chi connectivity index (χ3n) is 4.77. The van der Waals surface area contributed by atoms with E-state index >= 15 is 0 Å². The first-order valence-electron chi connectivity index (χ1n) is 10.1. The predicted molar refractivity (Wildman–Crippen MR) is 118 cm³/mol. The highest BCUT2D eigenvalue weighted by Gasteiger charge is 2.10. The van der Waals surface area contributed by atoms with E-state index in [-0.39, 0.29) is 18.1 Å². The first kappa shape index (κ1) is 20.7. The van der Waals surface area contributed by atoms with Gasteiger partial charge in [0.1, 0.15) is 17.2 Å². The summed E-state index contributed by atoms with van der Waals surface area (Å²) in [6, 6.07) is 18.2. The minimum atomic E-state index is -0.0297. The predicted octanol–water partition coefficient (Wildman–Crippen LogP) is 6.18. The van der Waals surface area contributed by atoms with Crippen LogP contribution in [-0.2, 0) is 11.2 Å². The minimum Gasteiger partial charge on any atom is -0.491 e. The molecular weight excluding hydrogens is 362 g/mol. The summed E-state index contributed by atoms with van der Waals surface area (Å²) in [6.45, 7) is 9.67. The lowest BCUT2D eigenvalue weighted by atomic mass is 10.0. The molecule has 1 N–H and O–H groups in total. The van der Waals surface area contributed by atoms with E-state index in [1.54, 1.807) is 0 Å². The Hall–Kier alpha value is -3.01. The molecule has 0 aliphatic carbocycles. The van der Waals surface area contributed by atoms with Crippen LogP contribution in [0.4, 0.5) is 0 Å². The first-order chi connectivity index (χ1) is 13.9. The van der Waals surface area contributed by atoms with Crippen LogP contribution in [-0.4, -0.2) is 12.0 Å². The second-order valence-corrected chi connectivity index (χ2v) is 7.58. The van der Waals surface area contributed by atoms with Gasteiger partial charge >= 0.3 is 0 Å². The summed E-state index contributed by atoms with van der Waals surface area (Å²) in [5, 5.41) is 5.13. The summed E-state index contributed by atoms with van der Waals surface area (Å²) in [4.78, 5) is 11.3. The average molecular weight is 392 g/mol. The Kier molecular flexibility index (Phi) is 6.42. The normalized spacial score (nSPS) is 12.1. The zero-order chi connectivity index (χ0) is 21.0. The Balaban J connectivity index is 1.83. The number of hydrogen-bond acceptors (Lipinski definition) is 3.